The van der Waals surface area contributed by atoms with Crippen LogP contribution in [0.2, 0.25) is 0 Å². The second-order valence-corrected chi connectivity index (χ2v) is 25.8. The minimum atomic E-state index is -4.80. The summed E-state index contributed by atoms with van der Waals surface area (Å²) < 4.78 is 130. The zero-order chi connectivity index (χ0) is 60.9. The van der Waals surface area contributed by atoms with Crippen LogP contribution >= 0.6 is 0 Å². The van der Waals surface area contributed by atoms with Gasteiger partial charge in [0.25, 0.3) is 9.84 Å². The number of alkyl halides is 3. The van der Waals surface area contributed by atoms with Gasteiger partial charge >= 0.3 is 11.7 Å². The number of hydrogen-bond donors (Lipinski definition) is 0. The Morgan fingerprint density at radius 2 is 1.04 bits per heavy atom. The molecule has 21 heteroatoms. The van der Waals surface area contributed by atoms with Gasteiger partial charge in [-0.05, 0) is 173 Å². The van der Waals surface area contributed by atoms with Gasteiger partial charge in [-0.3, -0.25) is 4.85 Å². The summed E-state index contributed by atoms with van der Waals surface area (Å²) >= 11 is 0. The fraction of sp³-hybridized carbons (Fsp3) is 0.175. The van der Waals surface area contributed by atoms with E-state index in [1.807, 2.05) is 113 Å². The third-order valence-corrected chi connectivity index (χ3v) is 17.3. The van der Waals surface area contributed by atoms with Gasteiger partial charge in [-0.25, -0.2) is 46.2 Å². The summed E-state index contributed by atoms with van der Waals surface area (Å²) in [5.74, 6) is 0.684. The number of benzene rings is 7. The topological polar surface area (TPSA) is 187 Å². The van der Waals surface area contributed by atoms with Crippen LogP contribution in [0.3, 0.4) is 0 Å². The van der Waals surface area contributed by atoms with Crippen molar-refractivity contribution in [3.63, 3.8) is 0 Å². The summed E-state index contributed by atoms with van der Waals surface area (Å²) in [4.78, 5) is 8.33. The van der Waals surface area contributed by atoms with Crippen molar-refractivity contribution < 1.29 is 52.3 Å². The summed E-state index contributed by atoms with van der Waals surface area (Å²) in [5, 5.41) is 7.91. The summed E-state index contributed by atoms with van der Waals surface area (Å²) in [5.41, 5.74) is 12.3. The van der Waals surface area contributed by atoms with Crippen LogP contribution in [0.5, 0.6) is 11.5 Å². The van der Waals surface area contributed by atoms with Crippen LogP contribution in [-0.2, 0) is 29.5 Å². The van der Waals surface area contributed by atoms with Crippen LogP contribution in [0.1, 0.15) is 44.8 Å². The molecule has 0 bridgehead atoms. The van der Waals surface area contributed by atoms with Crippen molar-refractivity contribution in [3.05, 3.63) is 227 Å². The summed E-state index contributed by atoms with van der Waals surface area (Å²) in [6.07, 6.45) is -1.19. The lowest BCUT2D eigenvalue weighted by Gasteiger charge is -2.14. The van der Waals surface area contributed by atoms with Crippen molar-refractivity contribution in [2.24, 2.45) is 0 Å². The number of nitrogens with zero attached hydrogens (tertiary/aromatic N) is 6. The van der Waals surface area contributed by atoms with Gasteiger partial charge in [-0.15, -0.1) is 13.2 Å². The van der Waals surface area contributed by atoms with E-state index < -0.39 is 41.2 Å². The van der Waals surface area contributed by atoms with Crippen molar-refractivity contribution in [3.8, 4) is 67.7 Å². The predicted molar refractivity (Wildman–Crippen MR) is 316 cm³/mol. The van der Waals surface area contributed by atoms with Gasteiger partial charge < -0.3 is 13.9 Å². The number of halogens is 3. The van der Waals surface area contributed by atoms with Crippen molar-refractivity contribution >= 4 is 29.5 Å². The normalized spacial score (nSPS) is 12.0. The maximum absolute atomic E-state index is 12.6. The molecule has 7 aromatic carbocycles. The third-order valence-electron chi connectivity index (χ3n) is 13.1. The Hall–Kier alpha value is -9.10. The number of ether oxygens (including phenoxy) is 2. The molecule has 0 aliphatic heterocycles. The van der Waals surface area contributed by atoms with E-state index in [2.05, 4.69) is 24.8 Å². The van der Waals surface area contributed by atoms with E-state index >= 15 is 0 Å². The van der Waals surface area contributed by atoms with Gasteiger partial charge in [0.05, 0.1) is 44.4 Å². The molecular weight excluding hydrogens is 1140 g/mol. The fourth-order valence-electron chi connectivity index (χ4n) is 9.04. The number of sulfone groups is 3. The molecule has 0 N–H and O–H groups in total. The average Bonchev–Trinajstić information content (AvgIpc) is 2.59. The van der Waals surface area contributed by atoms with Gasteiger partial charge in [0.2, 0.25) is 0 Å². The van der Waals surface area contributed by atoms with Crippen molar-refractivity contribution in [2.45, 2.75) is 68.0 Å². The second kappa shape index (κ2) is 24.8. The number of oxazole rings is 1. The quantitative estimate of drug-likeness (QED) is 0.0996. The first-order valence-electron chi connectivity index (χ1n) is 25.7. The van der Waals surface area contributed by atoms with Gasteiger partial charge in [0.15, 0.2) is 31.8 Å². The molecule has 0 aliphatic rings. The first-order chi connectivity index (χ1) is 39.6. The lowest BCUT2D eigenvalue weighted by molar-refractivity contribution is -0.274. The summed E-state index contributed by atoms with van der Waals surface area (Å²) in [6, 6.07) is 47.7. The van der Waals surface area contributed by atoms with Crippen molar-refractivity contribution in [2.75, 3.05) is 19.6 Å². The van der Waals surface area contributed by atoms with E-state index in [4.69, 9.17) is 15.7 Å². The average molecular weight is 1200 g/mol. The second-order valence-electron chi connectivity index (χ2n) is 19.7. The first kappa shape index (κ1) is 61.0. The Labute approximate surface area is 486 Å². The standard InChI is InChI=1S/C28H22F3N3O4S.C19H20N2O3S.C16H15NO2S/c1-17-13-18(2)34(33-17)25-12-9-21(20-5-4-6-23(14-20)39(3,35)36)15-24(25)27-26(32-16-37-27)19-7-10-22(11-8-19)38-28(29,30)31;1-13-10-14(2)21(20-13)18-9-8-16(12-19(18)24-3)15-6-5-7-17(11-15)25(4,22)23;1-12-4-8-14(9-5-12)16(17-3)20(18,19)15-10-6-13(2)7-11-15/h4-16H,1-3H3;5-12H,1-4H3;4-11,16H,1-2H3. The molecule has 1 atom stereocenters. The highest BCUT2D eigenvalue weighted by Crippen LogP contribution is 2.39. The molecular formula is C63H57F3N6O9S3. The molecule has 10 aromatic rings. The molecule has 0 fully saturated rings. The molecule has 0 spiro atoms. The van der Waals surface area contributed by atoms with E-state index in [1.165, 1.54) is 43.0 Å². The molecule has 432 valence electrons. The molecule has 0 aliphatic carbocycles. The van der Waals surface area contributed by atoms with E-state index in [-0.39, 0.29) is 15.5 Å². The highest BCUT2D eigenvalue weighted by Gasteiger charge is 2.34. The fourth-order valence-corrected chi connectivity index (χ4v) is 11.8. The molecule has 3 aromatic heterocycles. The molecule has 0 saturated heterocycles. The Balaban J connectivity index is 0.000000176. The Kier molecular flexibility index (Phi) is 18.0. The largest absolute Gasteiger partial charge is 0.573 e. The SMILES string of the molecule is COc1cc(-c2cccc(S(C)(=O)=O)c2)ccc1-n1nc(C)cc1C.Cc1cc(C)n(-c2ccc(-c3cccc(S(C)(=O)=O)c3)cc2-c2ocnc2-c2ccc(OC(F)(F)F)cc2)n1.[C-]#[N+]C(c1ccc(C)cc1)S(=O)(=O)c1ccc(C)cc1. The molecule has 0 amide bonds. The summed E-state index contributed by atoms with van der Waals surface area (Å²) in [7, 11) is -8.75. The van der Waals surface area contributed by atoms with Crippen molar-refractivity contribution in [1.29, 1.82) is 0 Å². The van der Waals surface area contributed by atoms with Crippen LogP contribution < -0.4 is 9.47 Å². The molecule has 3 heterocycles. The van der Waals surface area contributed by atoms with Crippen LogP contribution in [0.4, 0.5) is 13.2 Å². The zero-order valence-electron chi connectivity index (χ0n) is 47.0. The molecule has 1 unspecified atom stereocenters. The van der Waals surface area contributed by atoms with E-state index in [1.54, 1.807) is 84.6 Å². The highest BCUT2D eigenvalue weighted by atomic mass is 32.2. The molecule has 0 radical (unpaired) electrons. The van der Waals surface area contributed by atoms with Crippen LogP contribution in [0, 0.1) is 48.1 Å². The van der Waals surface area contributed by atoms with Gasteiger partial charge in [-0.1, -0.05) is 71.8 Å². The third kappa shape index (κ3) is 14.4. The Morgan fingerprint density at radius 3 is 1.51 bits per heavy atom. The number of rotatable bonds is 13. The van der Waals surface area contributed by atoms with Gasteiger partial charge in [0, 0.05) is 35.0 Å². The number of aromatic nitrogens is 5. The zero-order valence-corrected chi connectivity index (χ0v) is 49.5. The Morgan fingerprint density at radius 1 is 0.560 bits per heavy atom. The minimum Gasteiger partial charge on any atom is -0.494 e. The minimum absolute atomic E-state index is 0.185. The highest BCUT2D eigenvalue weighted by molar-refractivity contribution is 7.92. The molecule has 0 saturated carbocycles. The van der Waals surface area contributed by atoms with E-state index in [0.29, 0.717) is 50.0 Å². The van der Waals surface area contributed by atoms with Gasteiger partial charge in [0.1, 0.15) is 22.9 Å². The lowest BCUT2D eigenvalue weighted by Crippen LogP contribution is -2.16. The number of aryl methyl sites for hydroxylation is 6. The smallest absolute Gasteiger partial charge is 0.494 e. The first-order valence-corrected chi connectivity index (χ1v) is 31.0. The van der Waals surface area contributed by atoms with Crippen LogP contribution in [0.15, 0.2) is 195 Å². The summed E-state index contributed by atoms with van der Waals surface area (Å²) in [6.45, 7) is 18.8. The lowest BCUT2D eigenvalue weighted by atomic mass is 9.98. The maximum atomic E-state index is 12.6. The molecule has 15 nitrogen and oxygen atoms in total. The number of methoxy groups -OCH3 is 1. The Bertz CT molecular complexity index is 4420. The van der Waals surface area contributed by atoms with Gasteiger partial charge in [-0.2, -0.15) is 10.2 Å². The van der Waals surface area contributed by atoms with Crippen LogP contribution in [0.25, 0.3) is 61.1 Å². The molecule has 84 heavy (non-hydrogen) atoms. The molecule has 10 rings (SSSR count). The van der Waals surface area contributed by atoms with E-state index in [0.717, 1.165) is 62.5 Å². The van der Waals surface area contributed by atoms with Crippen molar-refractivity contribution in [1.82, 2.24) is 24.5 Å². The number of hydrogen-bond acceptors (Lipinski definition) is 12. The predicted octanol–water partition coefficient (Wildman–Crippen LogP) is 14.0. The maximum Gasteiger partial charge on any atom is 0.573 e. The van der Waals surface area contributed by atoms with E-state index in [9.17, 15) is 38.4 Å². The van der Waals surface area contributed by atoms with Crippen LogP contribution in [-0.4, -0.2) is 75.8 Å². The monoisotopic (exact) mass is 1190 g/mol.